The Labute approximate surface area is 109 Å². The highest BCUT2D eigenvalue weighted by Crippen LogP contribution is 2.37. The summed E-state index contributed by atoms with van der Waals surface area (Å²) in [5.41, 5.74) is 0. The maximum Gasteiger partial charge on any atom is 0.333 e. The van der Waals surface area contributed by atoms with Crippen molar-refractivity contribution in [2.24, 2.45) is 11.8 Å². The van der Waals surface area contributed by atoms with Gasteiger partial charge in [-0.15, -0.1) is 5.06 Å². The Hall–Kier alpha value is -1.47. The van der Waals surface area contributed by atoms with Crippen LogP contribution >= 0.6 is 0 Å². The number of hydrogen-bond acceptors (Lipinski definition) is 6. The number of hydrogen-bond donors (Lipinski definition) is 0. The van der Waals surface area contributed by atoms with E-state index in [9.17, 15) is 14.4 Å². The molecule has 0 unspecified atom stereocenters. The second-order valence-corrected chi connectivity index (χ2v) is 5.03. The van der Waals surface area contributed by atoms with Gasteiger partial charge in [-0.05, 0) is 6.42 Å². The number of amides is 2. The Balaban J connectivity index is 1.54. The molecule has 0 bridgehead atoms. The van der Waals surface area contributed by atoms with Crippen LogP contribution in [0.2, 0.25) is 0 Å². The molecule has 0 radical (unpaired) electrons. The zero-order valence-electron chi connectivity index (χ0n) is 10.4. The average Bonchev–Trinajstić information content (AvgIpc) is 3.03. The molecule has 7 nitrogen and oxygen atoms in total. The molecule has 0 spiro atoms. The van der Waals surface area contributed by atoms with Gasteiger partial charge in [0.1, 0.15) is 0 Å². The molecule has 0 aromatic carbocycles. The van der Waals surface area contributed by atoms with E-state index in [1.165, 1.54) is 0 Å². The fourth-order valence-corrected chi connectivity index (χ4v) is 2.77. The van der Waals surface area contributed by atoms with Gasteiger partial charge >= 0.3 is 5.97 Å². The van der Waals surface area contributed by atoms with Crippen molar-refractivity contribution in [1.82, 2.24) is 5.06 Å². The molecular weight excluding hydrogens is 254 g/mol. The van der Waals surface area contributed by atoms with Crippen molar-refractivity contribution in [2.45, 2.75) is 32.0 Å². The number of rotatable bonds is 3. The van der Waals surface area contributed by atoms with Crippen molar-refractivity contribution in [3.63, 3.8) is 0 Å². The molecule has 0 aromatic heterocycles. The lowest BCUT2D eigenvalue weighted by atomic mass is 9.91. The van der Waals surface area contributed by atoms with Gasteiger partial charge in [-0.3, -0.25) is 9.59 Å². The van der Waals surface area contributed by atoms with E-state index in [0.29, 0.717) is 18.3 Å². The standard InChI is InChI=1S/C12H15NO6/c14-9-1-2-10(15)13(9)19-11(16)5-7-6-18-12-8(7)3-4-17-12/h7-8,12H,1-6H2/t7-,8-,12+/m1/s1. The number of carbonyl (C=O) groups excluding carboxylic acids is 3. The molecule has 7 heteroatoms. The van der Waals surface area contributed by atoms with E-state index in [0.717, 1.165) is 6.42 Å². The number of hydroxylamine groups is 2. The van der Waals surface area contributed by atoms with Crippen LogP contribution in [0.15, 0.2) is 0 Å². The Morgan fingerprint density at radius 3 is 2.74 bits per heavy atom. The zero-order valence-corrected chi connectivity index (χ0v) is 10.4. The maximum atomic E-state index is 11.8. The van der Waals surface area contributed by atoms with E-state index in [2.05, 4.69) is 0 Å². The highest BCUT2D eigenvalue weighted by molar-refractivity contribution is 6.01. The topological polar surface area (TPSA) is 82.1 Å². The molecule has 0 saturated carbocycles. The second-order valence-electron chi connectivity index (χ2n) is 5.03. The van der Waals surface area contributed by atoms with Gasteiger partial charge in [-0.2, -0.15) is 0 Å². The van der Waals surface area contributed by atoms with Gasteiger partial charge in [0.05, 0.1) is 19.6 Å². The second kappa shape index (κ2) is 4.90. The van der Waals surface area contributed by atoms with Crippen molar-refractivity contribution in [2.75, 3.05) is 13.2 Å². The molecule has 0 N–H and O–H groups in total. The lowest BCUT2D eigenvalue weighted by molar-refractivity contribution is -0.198. The number of nitrogens with zero attached hydrogens (tertiary/aromatic N) is 1. The van der Waals surface area contributed by atoms with E-state index >= 15 is 0 Å². The van der Waals surface area contributed by atoms with Crippen LogP contribution in [-0.2, 0) is 28.7 Å². The summed E-state index contributed by atoms with van der Waals surface area (Å²) in [6.07, 6.45) is 1.01. The Kier molecular flexibility index (Phi) is 3.24. The summed E-state index contributed by atoms with van der Waals surface area (Å²) in [5.74, 6) is -1.23. The summed E-state index contributed by atoms with van der Waals surface area (Å²) >= 11 is 0. The molecule has 3 saturated heterocycles. The highest BCUT2D eigenvalue weighted by atomic mass is 16.7. The van der Waals surface area contributed by atoms with Gasteiger partial charge in [0.25, 0.3) is 11.8 Å². The van der Waals surface area contributed by atoms with Crippen molar-refractivity contribution in [3.8, 4) is 0 Å². The Morgan fingerprint density at radius 1 is 1.26 bits per heavy atom. The smallest absolute Gasteiger partial charge is 0.333 e. The van der Waals surface area contributed by atoms with Gasteiger partial charge < -0.3 is 14.3 Å². The Bertz CT molecular complexity index is 406. The average molecular weight is 269 g/mol. The third-order valence-electron chi connectivity index (χ3n) is 3.79. The Morgan fingerprint density at radius 2 is 2.00 bits per heavy atom. The number of imide groups is 1. The normalized spacial score (nSPS) is 33.9. The molecule has 3 atom stereocenters. The summed E-state index contributed by atoms with van der Waals surface area (Å²) in [4.78, 5) is 39.3. The molecule has 104 valence electrons. The van der Waals surface area contributed by atoms with Crippen LogP contribution in [0.4, 0.5) is 0 Å². The van der Waals surface area contributed by atoms with Crippen LogP contribution in [0.25, 0.3) is 0 Å². The minimum atomic E-state index is -0.565. The van der Waals surface area contributed by atoms with Crippen molar-refractivity contribution in [3.05, 3.63) is 0 Å². The van der Waals surface area contributed by atoms with Gasteiger partial charge in [-0.25, -0.2) is 4.79 Å². The summed E-state index contributed by atoms with van der Waals surface area (Å²) in [7, 11) is 0. The van der Waals surface area contributed by atoms with Crippen molar-refractivity contribution in [1.29, 1.82) is 0 Å². The molecule has 3 aliphatic heterocycles. The molecule has 3 aliphatic rings. The summed E-state index contributed by atoms with van der Waals surface area (Å²) in [5, 5.41) is 0.584. The van der Waals surface area contributed by atoms with Gasteiger partial charge in [-0.1, -0.05) is 0 Å². The molecule has 0 aromatic rings. The van der Waals surface area contributed by atoms with E-state index in [4.69, 9.17) is 14.3 Å². The lowest BCUT2D eigenvalue weighted by Crippen LogP contribution is -2.33. The van der Waals surface area contributed by atoms with Gasteiger partial charge in [0, 0.05) is 24.7 Å². The third-order valence-corrected chi connectivity index (χ3v) is 3.79. The molecule has 3 heterocycles. The first-order chi connectivity index (χ1) is 9.15. The zero-order chi connectivity index (χ0) is 13.4. The molecule has 2 amide bonds. The first-order valence-electron chi connectivity index (χ1n) is 6.45. The van der Waals surface area contributed by atoms with Gasteiger partial charge in [0.2, 0.25) is 0 Å². The fraction of sp³-hybridized carbons (Fsp3) is 0.750. The molecule has 19 heavy (non-hydrogen) atoms. The quantitative estimate of drug-likeness (QED) is 0.670. The number of carbonyl (C=O) groups is 3. The first-order valence-corrected chi connectivity index (χ1v) is 6.45. The summed E-state index contributed by atoms with van der Waals surface area (Å²) < 4.78 is 10.8. The largest absolute Gasteiger partial charge is 0.352 e. The highest BCUT2D eigenvalue weighted by Gasteiger charge is 2.43. The van der Waals surface area contributed by atoms with Crippen LogP contribution in [0.1, 0.15) is 25.7 Å². The van der Waals surface area contributed by atoms with Crippen molar-refractivity contribution < 1.29 is 28.7 Å². The van der Waals surface area contributed by atoms with E-state index in [1.807, 2.05) is 0 Å². The SMILES string of the molecule is O=C(C[C@@H]1CO[C@@H]2OCC[C@H]12)ON1C(=O)CCC1=O. The van der Waals surface area contributed by atoms with Crippen LogP contribution < -0.4 is 0 Å². The van der Waals surface area contributed by atoms with Crippen LogP contribution in [0.3, 0.4) is 0 Å². The van der Waals surface area contributed by atoms with E-state index in [1.54, 1.807) is 0 Å². The monoisotopic (exact) mass is 269 g/mol. The van der Waals surface area contributed by atoms with Crippen LogP contribution in [0.5, 0.6) is 0 Å². The first kappa shape index (κ1) is 12.6. The summed E-state index contributed by atoms with van der Waals surface area (Å²) in [6.45, 7) is 1.09. The maximum absolute atomic E-state index is 11.8. The minimum Gasteiger partial charge on any atom is -0.352 e. The summed E-state index contributed by atoms with van der Waals surface area (Å²) in [6, 6.07) is 0. The minimum absolute atomic E-state index is 0.0350. The number of fused-ring (bicyclic) bond motifs is 1. The van der Waals surface area contributed by atoms with Crippen LogP contribution in [0, 0.1) is 11.8 Å². The van der Waals surface area contributed by atoms with E-state index in [-0.39, 0.29) is 37.4 Å². The van der Waals surface area contributed by atoms with E-state index < -0.39 is 17.8 Å². The van der Waals surface area contributed by atoms with Crippen LogP contribution in [-0.4, -0.2) is 42.4 Å². The predicted octanol–water partition coefficient (Wildman–Crippen LogP) is -0.00730. The molecular formula is C12H15NO6. The fourth-order valence-electron chi connectivity index (χ4n) is 2.77. The van der Waals surface area contributed by atoms with Crippen molar-refractivity contribution >= 4 is 17.8 Å². The molecule has 3 rings (SSSR count). The number of ether oxygens (including phenoxy) is 2. The predicted molar refractivity (Wildman–Crippen MR) is 59.1 cm³/mol. The molecule has 3 fully saturated rings. The van der Waals surface area contributed by atoms with Gasteiger partial charge in [0.15, 0.2) is 6.29 Å². The molecule has 0 aliphatic carbocycles. The lowest BCUT2D eigenvalue weighted by Gasteiger charge is -2.16. The third kappa shape index (κ3) is 2.35.